The van der Waals surface area contributed by atoms with Crippen LogP contribution in [-0.4, -0.2) is 46.8 Å². The fraction of sp³-hybridized carbons (Fsp3) is 0.474. The van der Waals surface area contributed by atoms with Crippen molar-refractivity contribution in [3.63, 3.8) is 0 Å². The van der Waals surface area contributed by atoms with Gasteiger partial charge in [-0.05, 0) is 18.6 Å². The Bertz CT molecular complexity index is 880. The van der Waals surface area contributed by atoms with E-state index in [-0.39, 0.29) is 22.7 Å². The predicted octanol–water partition coefficient (Wildman–Crippen LogP) is 4.28. The molecular weight excluding hydrogens is 405 g/mol. The topological polar surface area (TPSA) is 69.0 Å². The van der Waals surface area contributed by atoms with Gasteiger partial charge in [0.1, 0.15) is 16.8 Å². The molecule has 0 amide bonds. The van der Waals surface area contributed by atoms with E-state index >= 15 is 0 Å². The Hall–Kier alpha value is -2.42. The number of pyridine rings is 1. The largest absolute Gasteiger partial charge is 0.419 e. The van der Waals surface area contributed by atoms with Gasteiger partial charge in [-0.15, -0.1) is 0 Å². The van der Waals surface area contributed by atoms with E-state index in [0.717, 1.165) is 12.5 Å². The Morgan fingerprint density at radius 3 is 2.48 bits per heavy atom. The number of aromatic nitrogens is 3. The molecule has 0 saturated carbocycles. The smallest absolute Gasteiger partial charge is 0.353 e. The van der Waals surface area contributed by atoms with Gasteiger partial charge < -0.3 is 15.2 Å². The zero-order valence-corrected chi connectivity index (χ0v) is 16.9. The van der Waals surface area contributed by atoms with Gasteiger partial charge in [0.15, 0.2) is 5.82 Å². The average molecular weight is 427 g/mol. The maximum atomic E-state index is 13.3. The third-order valence-electron chi connectivity index (χ3n) is 5.02. The number of hydrogen-bond acceptors (Lipinski definition) is 6. The van der Waals surface area contributed by atoms with Gasteiger partial charge in [0, 0.05) is 44.4 Å². The van der Waals surface area contributed by atoms with Crippen molar-refractivity contribution < 1.29 is 13.2 Å². The van der Waals surface area contributed by atoms with E-state index in [1.54, 1.807) is 11.0 Å². The van der Waals surface area contributed by atoms with Crippen molar-refractivity contribution in [1.82, 2.24) is 15.0 Å². The molecule has 0 bridgehead atoms. The third kappa shape index (κ3) is 4.77. The normalized spacial score (nSPS) is 16.1. The second-order valence-electron chi connectivity index (χ2n) is 6.94. The van der Waals surface area contributed by atoms with Gasteiger partial charge in [-0.2, -0.15) is 13.2 Å². The summed E-state index contributed by atoms with van der Waals surface area (Å²) in [6.45, 7) is 5.54. The molecule has 0 aromatic carbocycles. The Morgan fingerprint density at radius 2 is 1.86 bits per heavy atom. The molecular formula is C19H22ClF3N6. The first-order valence-electron chi connectivity index (χ1n) is 9.36. The number of rotatable bonds is 5. The first-order chi connectivity index (χ1) is 13.7. The van der Waals surface area contributed by atoms with Gasteiger partial charge in [0.05, 0.1) is 11.3 Å². The molecule has 2 aromatic heterocycles. The van der Waals surface area contributed by atoms with Crippen LogP contribution < -0.4 is 9.80 Å². The zero-order valence-electron chi connectivity index (χ0n) is 16.2. The summed E-state index contributed by atoms with van der Waals surface area (Å²) in [6, 6.07) is 3.96. The number of nitrogens with zero attached hydrogens (tertiary/aromatic N) is 5. The van der Waals surface area contributed by atoms with Gasteiger partial charge in [0.25, 0.3) is 0 Å². The molecule has 1 N–H and O–H groups in total. The second-order valence-corrected chi connectivity index (χ2v) is 7.33. The minimum Gasteiger partial charge on any atom is -0.353 e. The molecule has 2 aromatic rings. The molecule has 3 heterocycles. The van der Waals surface area contributed by atoms with E-state index in [2.05, 4.69) is 15.0 Å². The molecule has 1 fully saturated rings. The lowest BCUT2D eigenvalue weighted by Crippen LogP contribution is -2.47. The van der Waals surface area contributed by atoms with Crippen molar-refractivity contribution in [1.29, 1.82) is 5.41 Å². The van der Waals surface area contributed by atoms with E-state index in [0.29, 0.717) is 37.7 Å². The first kappa shape index (κ1) is 21.3. The maximum Gasteiger partial charge on any atom is 0.419 e. The van der Waals surface area contributed by atoms with Crippen molar-refractivity contribution in [2.24, 2.45) is 5.92 Å². The van der Waals surface area contributed by atoms with E-state index < -0.39 is 11.7 Å². The Labute approximate surface area is 172 Å². The molecule has 1 saturated heterocycles. The van der Waals surface area contributed by atoms with Crippen LogP contribution in [0.3, 0.4) is 0 Å². The number of hydrogen-bond donors (Lipinski definition) is 1. The van der Waals surface area contributed by atoms with E-state index in [9.17, 15) is 13.2 Å². The summed E-state index contributed by atoms with van der Waals surface area (Å²) in [5.41, 5.74) is -0.416. The summed E-state index contributed by atoms with van der Waals surface area (Å²) in [5, 5.41) is 8.48. The standard InChI is InChI=1S/C19H22ClF3N6/c1-3-12(2)16(24)17-26-14(20)11-15(27-17)28-7-9-29(10-8-28)18-13(19(21,22)23)5-4-6-25-18/h4-6,11-12,24H,3,7-10H2,1-2H3. The van der Waals surface area contributed by atoms with Gasteiger partial charge in [0.2, 0.25) is 0 Å². The molecule has 156 valence electrons. The molecule has 6 nitrogen and oxygen atoms in total. The highest BCUT2D eigenvalue weighted by molar-refractivity contribution is 6.29. The van der Waals surface area contributed by atoms with Crippen molar-refractivity contribution in [2.75, 3.05) is 36.0 Å². The molecule has 0 aliphatic carbocycles. The number of nitrogens with one attached hydrogen (secondary N) is 1. The fourth-order valence-corrected chi connectivity index (χ4v) is 3.31. The van der Waals surface area contributed by atoms with E-state index in [4.69, 9.17) is 17.0 Å². The van der Waals surface area contributed by atoms with Crippen LogP contribution in [0.1, 0.15) is 31.7 Å². The summed E-state index contributed by atoms with van der Waals surface area (Å²) >= 11 is 6.14. The van der Waals surface area contributed by atoms with Crippen LogP contribution in [0.5, 0.6) is 0 Å². The summed E-state index contributed by atoms with van der Waals surface area (Å²) in [7, 11) is 0. The molecule has 0 radical (unpaired) electrons. The van der Waals surface area contributed by atoms with Crippen LogP contribution in [-0.2, 0) is 6.18 Å². The van der Waals surface area contributed by atoms with Crippen molar-refractivity contribution in [2.45, 2.75) is 26.4 Å². The fourth-order valence-electron chi connectivity index (χ4n) is 3.13. The van der Waals surface area contributed by atoms with Crippen molar-refractivity contribution in [3.8, 4) is 0 Å². The SMILES string of the molecule is CCC(C)C(=N)c1nc(Cl)cc(N2CCN(c3ncccc3C(F)(F)F)CC2)n1. The Morgan fingerprint density at radius 1 is 1.21 bits per heavy atom. The van der Waals surface area contributed by atoms with Crippen LogP contribution in [0, 0.1) is 11.3 Å². The third-order valence-corrected chi connectivity index (χ3v) is 5.22. The quantitative estimate of drug-likeness (QED) is 0.570. The molecule has 1 aliphatic rings. The van der Waals surface area contributed by atoms with E-state index in [1.165, 1.54) is 12.3 Å². The average Bonchev–Trinajstić information content (AvgIpc) is 2.71. The van der Waals surface area contributed by atoms with Gasteiger partial charge >= 0.3 is 6.18 Å². The lowest BCUT2D eigenvalue weighted by Gasteiger charge is -2.37. The van der Waals surface area contributed by atoms with Crippen LogP contribution >= 0.6 is 11.6 Å². The van der Waals surface area contributed by atoms with Gasteiger partial charge in [-0.3, -0.25) is 0 Å². The maximum absolute atomic E-state index is 13.3. The van der Waals surface area contributed by atoms with Crippen LogP contribution in [0.15, 0.2) is 24.4 Å². The monoisotopic (exact) mass is 426 g/mol. The summed E-state index contributed by atoms with van der Waals surface area (Å²) in [4.78, 5) is 16.2. The number of halogens is 4. The molecule has 1 unspecified atom stereocenters. The molecule has 1 atom stereocenters. The summed E-state index contributed by atoms with van der Waals surface area (Å²) in [6.07, 6.45) is -2.30. The zero-order chi connectivity index (χ0) is 21.2. The van der Waals surface area contributed by atoms with E-state index in [1.807, 2.05) is 18.7 Å². The highest BCUT2D eigenvalue weighted by atomic mass is 35.5. The minimum absolute atomic E-state index is 0.00288. The van der Waals surface area contributed by atoms with Crippen molar-refractivity contribution in [3.05, 3.63) is 40.9 Å². The molecule has 29 heavy (non-hydrogen) atoms. The Balaban J connectivity index is 1.77. The molecule has 1 aliphatic heterocycles. The molecule has 10 heteroatoms. The second kappa shape index (κ2) is 8.52. The minimum atomic E-state index is -4.45. The lowest BCUT2D eigenvalue weighted by molar-refractivity contribution is -0.137. The van der Waals surface area contributed by atoms with Gasteiger partial charge in [-0.25, -0.2) is 15.0 Å². The number of anilines is 2. The van der Waals surface area contributed by atoms with Crippen LogP contribution in [0.25, 0.3) is 0 Å². The number of alkyl halides is 3. The molecule has 0 spiro atoms. The predicted molar refractivity (Wildman–Crippen MR) is 107 cm³/mol. The van der Waals surface area contributed by atoms with Crippen LogP contribution in [0.4, 0.5) is 24.8 Å². The van der Waals surface area contributed by atoms with Crippen molar-refractivity contribution >= 4 is 28.9 Å². The summed E-state index contributed by atoms with van der Waals surface area (Å²) in [5.74, 6) is 0.806. The number of piperazine rings is 1. The Kier molecular flexibility index (Phi) is 6.26. The lowest BCUT2D eigenvalue weighted by atomic mass is 10.0. The highest BCUT2D eigenvalue weighted by Crippen LogP contribution is 2.35. The highest BCUT2D eigenvalue weighted by Gasteiger charge is 2.36. The van der Waals surface area contributed by atoms with Gasteiger partial charge in [-0.1, -0.05) is 25.4 Å². The van der Waals surface area contributed by atoms with Crippen LogP contribution in [0.2, 0.25) is 5.15 Å². The summed E-state index contributed by atoms with van der Waals surface area (Å²) < 4.78 is 39.8. The first-order valence-corrected chi connectivity index (χ1v) is 9.74. The molecule has 3 rings (SSSR count).